The summed E-state index contributed by atoms with van der Waals surface area (Å²) in [5.74, 6) is 1.01. The number of rotatable bonds is 4. The van der Waals surface area contributed by atoms with E-state index in [1.54, 1.807) is 0 Å². The number of hydrogen-bond donors (Lipinski definition) is 1. The Labute approximate surface area is 125 Å². The maximum Gasteiger partial charge on any atom is 0.129 e. The molecule has 2 nitrogen and oxygen atoms in total. The van der Waals surface area contributed by atoms with Gasteiger partial charge in [-0.15, -0.1) is 0 Å². The number of nitrogens with zero attached hydrogens (tertiary/aromatic N) is 1. The van der Waals surface area contributed by atoms with Gasteiger partial charge in [0.1, 0.15) is 5.82 Å². The largest absolute Gasteiger partial charge is 0.370 e. The van der Waals surface area contributed by atoms with Crippen LogP contribution in [0.5, 0.6) is 0 Å². The van der Waals surface area contributed by atoms with Gasteiger partial charge in [-0.3, -0.25) is 0 Å². The molecule has 2 heteroatoms. The third-order valence-electron chi connectivity index (χ3n) is 3.73. The molecule has 0 saturated carbocycles. The molecule has 3 rings (SSSR count). The van der Waals surface area contributed by atoms with Crippen LogP contribution in [-0.2, 0) is 6.42 Å². The van der Waals surface area contributed by atoms with Crippen molar-refractivity contribution in [3.63, 3.8) is 0 Å². The minimum atomic E-state index is 0.896. The summed E-state index contributed by atoms with van der Waals surface area (Å²) in [4.78, 5) is 4.76. The SMILES string of the molecule is CCNc1nc2ccc(-c3ccccc3)cc2cc1CC. The standard InChI is InChI=1S/C19H20N2/c1-3-14-12-17-13-16(15-8-6-5-7-9-15)10-11-18(17)21-19(14)20-4-2/h5-13H,3-4H2,1-2H3,(H,20,21). The molecule has 0 spiro atoms. The van der Waals surface area contributed by atoms with Gasteiger partial charge in [-0.1, -0.05) is 43.3 Å². The van der Waals surface area contributed by atoms with Gasteiger partial charge >= 0.3 is 0 Å². The summed E-state index contributed by atoms with van der Waals surface area (Å²) in [6.45, 7) is 5.17. The van der Waals surface area contributed by atoms with Crippen molar-refractivity contribution in [2.24, 2.45) is 0 Å². The Bertz CT molecular complexity index is 748. The van der Waals surface area contributed by atoms with Gasteiger partial charge in [0.05, 0.1) is 5.52 Å². The quantitative estimate of drug-likeness (QED) is 0.733. The molecule has 0 amide bonds. The smallest absolute Gasteiger partial charge is 0.129 e. The van der Waals surface area contributed by atoms with Crippen molar-refractivity contribution in [1.29, 1.82) is 0 Å². The highest BCUT2D eigenvalue weighted by Crippen LogP contribution is 2.26. The van der Waals surface area contributed by atoms with Crippen LogP contribution in [0, 0.1) is 0 Å². The second kappa shape index (κ2) is 5.96. The number of aromatic nitrogens is 1. The number of nitrogens with one attached hydrogen (secondary N) is 1. The average molecular weight is 276 g/mol. The Morgan fingerprint density at radius 2 is 1.71 bits per heavy atom. The van der Waals surface area contributed by atoms with Crippen LogP contribution in [0.2, 0.25) is 0 Å². The van der Waals surface area contributed by atoms with Crippen LogP contribution >= 0.6 is 0 Å². The molecule has 3 aromatic rings. The Hall–Kier alpha value is -2.35. The van der Waals surface area contributed by atoms with Crippen LogP contribution < -0.4 is 5.32 Å². The lowest BCUT2D eigenvalue weighted by molar-refractivity contribution is 1.09. The van der Waals surface area contributed by atoms with Crippen LogP contribution in [0.15, 0.2) is 54.6 Å². The van der Waals surface area contributed by atoms with E-state index in [1.165, 1.54) is 22.1 Å². The summed E-state index contributed by atoms with van der Waals surface area (Å²) >= 11 is 0. The van der Waals surface area contributed by atoms with Crippen molar-refractivity contribution in [1.82, 2.24) is 4.98 Å². The molecule has 1 N–H and O–H groups in total. The highest BCUT2D eigenvalue weighted by molar-refractivity contribution is 5.86. The molecular weight excluding hydrogens is 256 g/mol. The zero-order valence-electron chi connectivity index (χ0n) is 12.6. The second-order valence-electron chi connectivity index (χ2n) is 5.15. The predicted molar refractivity (Wildman–Crippen MR) is 90.7 cm³/mol. The molecule has 106 valence electrons. The van der Waals surface area contributed by atoms with Crippen LogP contribution in [0.4, 0.5) is 5.82 Å². The van der Waals surface area contributed by atoms with Crippen molar-refractivity contribution < 1.29 is 0 Å². The summed E-state index contributed by atoms with van der Waals surface area (Å²) in [6, 6.07) is 19.2. The van der Waals surface area contributed by atoms with Crippen molar-refractivity contribution in [2.45, 2.75) is 20.3 Å². The Morgan fingerprint density at radius 1 is 0.905 bits per heavy atom. The Kier molecular flexibility index (Phi) is 3.87. The van der Waals surface area contributed by atoms with Gasteiger partial charge in [-0.05, 0) is 48.2 Å². The molecule has 0 aliphatic heterocycles. The fourth-order valence-corrected chi connectivity index (χ4v) is 2.62. The first-order chi connectivity index (χ1) is 10.3. The van der Waals surface area contributed by atoms with Gasteiger partial charge in [0.15, 0.2) is 0 Å². The molecule has 0 aliphatic rings. The van der Waals surface area contributed by atoms with Crippen LogP contribution in [0.1, 0.15) is 19.4 Å². The molecule has 1 aromatic heterocycles. The van der Waals surface area contributed by atoms with E-state index in [0.29, 0.717) is 0 Å². The highest BCUT2D eigenvalue weighted by Gasteiger charge is 2.06. The monoisotopic (exact) mass is 276 g/mol. The predicted octanol–water partition coefficient (Wildman–Crippen LogP) is 4.90. The van der Waals surface area contributed by atoms with E-state index in [9.17, 15) is 0 Å². The minimum Gasteiger partial charge on any atom is -0.370 e. The maximum atomic E-state index is 4.76. The van der Waals surface area contributed by atoms with Crippen LogP contribution in [-0.4, -0.2) is 11.5 Å². The molecule has 0 bridgehead atoms. The molecule has 0 unspecified atom stereocenters. The fraction of sp³-hybridized carbons (Fsp3) is 0.211. The minimum absolute atomic E-state index is 0.896. The van der Waals surface area contributed by atoms with Gasteiger partial charge in [-0.2, -0.15) is 0 Å². The lowest BCUT2D eigenvalue weighted by atomic mass is 10.0. The van der Waals surface area contributed by atoms with Gasteiger partial charge in [0.25, 0.3) is 0 Å². The number of hydrogen-bond acceptors (Lipinski definition) is 2. The number of benzene rings is 2. The number of aryl methyl sites for hydroxylation is 1. The highest BCUT2D eigenvalue weighted by atomic mass is 15.0. The number of anilines is 1. The third kappa shape index (κ3) is 2.75. The molecule has 1 heterocycles. The average Bonchev–Trinajstić information content (AvgIpc) is 2.55. The molecule has 0 radical (unpaired) electrons. The third-order valence-corrected chi connectivity index (χ3v) is 3.73. The van der Waals surface area contributed by atoms with E-state index < -0.39 is 0 Å². The number of pyridine rings is 1. The van der Waals surface area contributed by atoms with Crippen LogP contribution in [0.25, 0.3) is 22.0 Å². The Morgan fingerprint density at radius 3 is 2.43 bits per heavy atom. The van der Waals surface area contributed by atoms with E-state index in [1.807, 2.05) is 6.07 Å². The molecular formula is C19H20N2. The summed E-state index contributed by atoms with van der Waals surface area (Å²) in [5.41, 5.74) is 4.80. The van der Waals surface area contributed by atoms with Gasteiger partial charge in [-0.25, -0.2) is 4.98 Å². The maximum absolute atomic E-state index is 4.76. The van der Waals surface area contributed by atoms with Crippen molar-refractivity contribution in [3.05, 3.63) is 60.2 Å². The van der Waals surface area contributed by atoms with Crippen molar-refractivity contribution in [3.8, 4) is 11.1 Å². The summed E-state index contributed by atoms with van der Waals surface area (Å²) < 4.78 is 0. The molecule has 0 saturated heterocycles. The Balaban J connectivity index is 2.11. The molecule has 21 heavy (non-hydrogen) atoms. The van der Waals surface area contributed by atoms with E-state index in [0.717, 1.165) is 24.3 Å². The van der Waals surface area contributed by atoms with Crippen molar-refractivity contribution in [2.75, 3.05) is 11.9 Å². The number of fused-ring (bicyclic) bond motifs is 1. The van der Waals surface area contributed by atoms with Gasteiger partial charge in [0.2, 0.25) is 0 Å². The summed E-state index contributed by atoms with van der Waals surface area (Å²) in [5, 5.41) is 4.56. The van der Waals surface area contributed by atoms with Gasteiger partial charge < -0.3 is 5.32 Å². The molecule has 2 aromatic carbocycles. The zero-order valence-corrected chi connectivity index (χ0v) is 12.6. The van der Waals surface area contributed by atoms with Gasteiger partial charge in [0, 0.05) is 11.9 Å². The second-order valence-corrected chi connectivity index (χ2v) is 5.15. The summed E-state index contributed by atoms with van der Waals surface area (Å²) in [6.07, 6.45) is 0.987. The molecule has 0 atom stereocenters. The van der Waals surface area contributed by atoms with Crippen LogP contribution in [0.3, 0.4) is 0 Å². The topological polar surface area (TPSA) is 24.9 Å². The van der Waals surface area contributed by atoms with Crippen molar-refractivity contribution >= 4 is 16.7 Å². The first-order valence-corrected chi connectivity index (χ1v) is 7.54. The fourth-order valence-electron chi connectivity index (χ4n) is 2.62. The van der Waals surface area contributed by atoms with E-state index in [4.69, 9.17) is 4.98 Å². The first kappa shape index (κ1) is 13.6. The van der Waals surface area contributed by atoms with E-state index >= 15 is 0 Å². The zero-order chi connectivity index (χ0) is 14.7. The van der Waals surface area contributed by atoms with E-state index in [2.05, 4.69) is 67.7 Å². The lowest BCUT2D eigenvalue weighted by Gasteiger charge is -2.11. The lowest BCUT2D eigenvalue weighted by Crippen LogP contribution is -2.03. The van der Waals surface area contributed by atoms with E-state index in [-0.39, 0.29) is 0 Å². The molecule has 0 fully saturated rings. The summed E-state index contributed by atoms with van der Waals surface area (Å²) in [7, 11) is 0. The first-order valence-electron chi connectivity index (χ1n) is 7.54. The normalized spacial score (nSPS) is 10.8. The molecule has 0 aliphatic carbocycles.